The molecule has 0 aliphatic rings. The Hall–Kier alpha value is -0.590. The van der Waals surface area contributed by atoms with Gasteiger partial charge in [-0.2, -0.15) is 0 Å². The fourth-order valence-corrected chi connectivity index (χ4v) is 0.567. The zero-order valence-electron chi connectivity index (χ0n) is 5.35. The van der Waals surface area contributed by atoms with Crippen molar-refractivity contribution in [3.8, 4) is 0 Å². The van der Waals surface area contributed by atoms with Gasteiger partial charge >= 0.3 is 0 Å². The highest BCUT2D eigenvalue weighted by atomic mass is 14.3. The molecule has 0 aromatic heterocycles. The minimum Gasteiger partial charge on any atom is -0.313 e. The molecule has 0 saturated heterocycles. The van der Waals surface area contributed by atoms with E-state index < -0.39 is 0 Å². The minimum absolute atomic E-state index is 0.424. The van der Waals surface area contributed by atoms with Gasteiger partial charge in [-0.05, 0) is 25.0 Å². The van der Waals surface area contributed by atoms with E-state index in [0.717, 1.165) is 12.8 Å². The lowest BCUT2D eigenvalue weighted by atomic mass is 10.1. The van der Waals surface area contributed by atoms with Crippen molar-refractivity contribution in [3.63, 3.8) is 0 Å². The summed E-state index contributed by atoms with van der Waals surface area (Å²) in [6.45, 7) is 5.68. The fourth-order valence-electron chi connectivity index (χ4n) is 0.567. The average Bonchev–Trinajstić information content (AvgIpc) is 1.83. The molecule has 1 nitrogen and oxygen atoms in total. The van der Waals surface area contributed by atoms with E-state index in [-0.39, 0.29) is 0 Å². The molecule has 0 heterocycles. The molecular formula is C7H13N. The largest absolute Gasteiger partial charge is 0.313 e. The maximum absolute atomic E-state index is 6.89. The Labute approximate surface area is 50.9 Å². The van der Waals surface area contributed by atoms with Crippen molar-refractivity contribution >= 4 is 6.21 Å². The number of rotatable bonds is 4. The summed E-state index contributed by atoms with van der Waals surface area (Å²) in [4.78, 5) is 0. The van der Waals surface area contributed by atoms with Crippen molar-refractivity contribution in [1.82, 2.24) is 0 Å². The van der Waals surface area contributed by atoms with Gasteiger partial charge < -0.3 is 5.41 Å². The fraction of sp³-hybridized carbons (Fsp3) is 0.571. The molecule has 8 heavy (non-hydrogen) atoms. The Morgan fingerprint density at radius 2 is 2.38 bits per heavy atom. The van der Waals surface area contributed by atoms with Crippen molar-refractivity contribution in [2.75, 3.05) is 0 Å². The molecule has 0 aliphatic heterocycles. The molecule has 0 fully saturated rings. The van der Waals surface area contributed by atoms with Gasteiger partial charge in [0.1, 0.15) is 0 Å². The van der Waals surface area contributed by atoms with Crippen LogP contribution in [0.1, 0.15) is 19.8 Å². The molecule has 0 radical (unpaired) electrons. The summed E-state index contributed by atoms with van der Waals surface area (Å²) in [5, 5.41) is 6.89. The molecule has 0 bridgehead atoms. The van der Waals surface area contributed by atoms with Crippen LogP contribution in [-0.4, -0.2) is 6.21 Å². The van der Waals surface area contributed by atoms with Crippen LogP contribution in [0.5, 0.6) is 0 Å². The highest BCUT2D eigenvalue weighted by Gasteiger charge is 1.95. The summed E-state index contributed by atoms with van der Waals surface area (Å²) in [6, 6.07) is 0. The lowest BCUT2D eigenvalue weighted by Gasteiger charge is -2.01. The van der Waals surface area contributed by atoms with Crippen LogP contribution in [0, 0.1) is 11.3 Å². The van der Waals surface area contributed by atoms with Gasteiger partial charge in [-0.1, -0.05) is 13.0 Å². The van der Waals surface area contributed by atoms with Crippen molar-refractivity contribution in [1.29, 1.82) is 5.41 Å². The van der Waals surface area contributed by atoms with E-state index in [0.29, 0.717) is 5.92 Å². The van der Waals surface area contributed by atoms with Crippen LogP contribution in [0.15, 0.2) is 12.7 Å². The molecule has 0 aromatic rings. The summed E-state index contributed by atoms with van der Waals surface area (Å²) in [5.74, 6) is 0.424. The number of hydrogen-bond donors (Lipinski definition) is 1. The van der Waals surface area contributed by atoms with Crippen LogP contribution in [0.25, 0.3) is 0 Å². The first kappa shape index (κ1) is 7.41. The van der Waals surface area contributed by atoms with Crippen LogP contribution in [0.2, 0.25) is 0 Å². The SMILES string of the molecule is C=CCC(C=N)CC. The van der Waals surface area contributed by atoms with Crippen LogP contribution in [0.4, 0.5) is 0 Å². The van der Waals surface area contributed by atoms with E-state index in [4.69, 9.17) is 5.41 Å². The second-order valence-electron chi connectivity index (χ2n) is 1.86. The number of nitrogens with one attached hydrogen (secondary N) is 1. The Morgan fingerprint density at radius 3 is 2.50 bits per heavy atom. The third-order valence-electron chi connectivity index (χ3n) is 1.23. The predicted molar refractivity (Wildman–Crippen MR) is 37.4 cm³/mol. The maximum Gasteiger partial charge on any atom is -0.00138 e. The zero-order chi connectivity index (χ0) is 6.41. The molecule has 1 heteroatoms. The molecule has 0 spiro atoms. The van der Waals surface area contributed by atoms with E-state index in [2.05, 4.69) is 13.5 Å². The molecule has 1 unspecified atom stereocenters. The van der Waals surface area contributed by atoms with Crippen molar-refractivity contribution < 1.29 is 0 Å². The van der Waals surface area contributed by atoms with Gasteiger partial charge in [0.2, 0.25) is 0 Å². The van der Waals surface area contributed by atoms with Crippen LogP contribution in [-0.2, 0) is 0 Å². The predicted octanol–water partition coefficient (Wildman–Crippen LogP) is 2.24. The lowest BCUT2D eigenvalue weighted by Crippen LogP contribution is -1.95. The van der Waals surface area contributed by atoms with Crippen molar-refractivity contribution in [2.24, 2.45) is 5.92 Å². The second kappa shape index (κ2) is 4.57. The van der Waals surface area contributed by atoms with Crippen LogP contribution >= 0.6 is 0 Å². The highest BCUT2D eigenvalue weighted by Crippen LogP contribution is 2.03. The molecule has 0 saturated carbocycles. The molecule has 1 atom stereocenters. The Balaban J connectivity index is 3.35. The minimum atomic E-state index is 0.424. The van der Waals surface area contributed by atoms with Gasteiger partial charge in [-0.3, -0.25) is 0 Å². The van der Waals surface area contributed by atoms with Crippen molar-refractivity contribution in [3.05, 3.63) is 12.7 Å². The number of allylic oxidation sites excluding steroid dienone is 1. The summed E-state index contributed by atoms with van der Waals surface area (Å²) < 4.78 is 0. The van der Waals surface area contributed by atoms with Crippen LogP contribution < -0.4 is 0 Å². The quantitative estimate of drug-likeness (QED) is 0.425. The van der Waals surface area contributed by atoms with Gasteiger partial charge in [0.15, 0.2) is 0 Å². The Kier molecular flexibility index (Phi) is 4.23. The van der Waals surface area contributed by atoms with Gasteiger partial charge in [0.05, 0.1) is 0 Å². The Morgan fingerprint density at radius 1 is 1.75 bits per heavy atom. The van der Waals surface area contributed by atoms with E-state index in [1.54, 1.807) is 0 Å². The van der Waals surface area contributed by atoms with Crippen LogP contribution in [0.3, 0.4) is 0 Å². The molecule has 0 aromatic carbocycles. The molecule has 1 N–H and O–H groups in total. The smallest absolute Gasteiger partial charge is 0.00138 e. The molecule has 0 aliphatic carbocycles. The summed E-state index contributed by atoms with van der Waals surface area (Å²) in [5.41, 5.74) is 0. The lowest BCUT2D eigenvalue weighted by molar-refractivity contribution is 0.688. The number of hydrogen-bond acceptors (Lipinski definition) is 1. The topological polar surface area (TPSA) is 23.9 Å². The zero-order valence-corrected chi connectivity index (χ0v) is 5.35. The first-order valence-electron chi connectivity index (χ1n) is 2.96. The first-order chi connectivity index (χ1) is 3.85. The average molecular weight is 111 g/mol. The summed E-state index contributed by atoms with van der Waals surface area (Å²) in [7, 11) is 0. The van der Waals surface area contributed by atoms with Gasteiger partial charge in [0.25, 0.3) is 0 Å². The highest BCUT2D eigenvalue weighted by molar-refractivity contribution is 5.56. The first-order valence-corrected chi connectivity index (χ1v) is 2.96. The standard InChI is InChI=1S/C7H13N/c1-3-5-7(4-2)6-8/h3,6-8H,1,4-5H2,2H3. The normalized spacial score (nSPS) is 12.6. The molecule has 0 rings (SSSR count). The van der Waals surface area contributed by atoms with E-state index >= 15 is 0 Å². The third kappa shape index (κ3) is 2.56. The maximum atomic E-state index is 6.89. The second-order valence-corrected chi connectivity index (χ2v) is 1.86. The van der Waals surface area contributed by atoms with E-state index in [1.165, 1.54) is 6.21 Å². The molecule has 0 amide bonds. The van der Waals surface area contributed by atoms with Gasteiger partial charge in [0, 0.05) is 0 Å². The monoisotopic (exact) mass is 111 g/mol. The third-order valence-corrected chi connectivity index (χ3v) is 1.23. The molecular weight excluding hydrogens is 98.1 g/mol. The summed E-state index contributed by atoms with van der Waals surface area (Å²) >= 11 is 0. The summed E-state index contributed by atoms with van der Waals surface area (Å²) in [6.07, 6.45) is 5.34. The van der Waals surface area contributed by atoms with Gasteiger partial charge in [-0.25, -0.2) is 0 Å². The van der Waals surface area contributed by atoms with E-state index in [9.17, 15) is 0 Å². The van der Waals surface area contributed by atoms with Crippen molar-refractivity contribution in [2.45, 2.75) is 19.8 Å². The van der Waals surface area contributed by atoms with Gasteiger partial charge in [-0.15, -0.1) is 6.58 Å². The Bertz CT molecular complexity index is 76.5. The van der Waals surface area contributed by atoms with E-state index in [1.807, 2.05) is 6.08 Å². The molecule has 46 valence electrons.